The Hall–Kier alpha value is 5.12. The number of urea groups is 1. The molecule has 0 saturated heterocycles. The summed E-state index contributed by atoms with van der Waals surface area (Å²) in [4.78, 5) is 28.7. The Balaban J connectivity index is -0.0000000174. The molecule has 285 valence electrons. The van der Waals surface area contributed by atoms with Crippen LogP contribution in [0.1, 0.15) is 59.8 Å². The molecule has 0 aromatic rings. The van der Waals surface area contributed by atoms with Gasteiger partial charge >= 0.3 is 0 Å². The number of hydrogen-bond donors (Lipinski definition) is 2. The van der Waals surface area contributed by atoms with Gasteiger partial charge in [0.15, 0.2) is 0 Å². The normalized spacial score (nSPS) is 7.19. The minimum atomic E-state index is 0. The number of alkyl halides is 1. The molecule has 0 spiro atoms. The molecule has 47 heavy (non-hydrogen) atoms. The van der Waals surface area contributed by atoms with Crippen molar-refractivity contribution in [2.75, 3.05) is 74.9 Å². The van der Waals surface area contributed by atoms with Gasteiger partial charge in [-0.15, -0.1) is 39.4 Å². The standard InChI is InChI=1S/C8H17N2O.2C5H12N.C4H9IN.C4H10N.CHO2.4CH3.ClH.5Y/c1-5-6-7-10(4)8(11)9(2)3;2*1-4-5-6(2)3;1-6(2)4-3-5;1-3-4-5-2;2-1-3;;;;;;;;;;/h7H,5-6H2,1-4H3;2*5H,4H2,1-3H3;4H,3H2,1-2H3;4-5H,3H2,1-2H3;(H,2,3);4*1H3;1H;;;;;/q10*-1;;;;;;. The van der Waals surface area contributed by atoms with Gasteiger partial charge in [-0.2, -0.15) is 25.7 Å². The largest absolute Gasteiger partial charge is 0.665 e. The Morgan fingerprint density at radius 1 is 0.681 bits per heavy atom. The van der Waals surface area contributed by atoms with E-state index in [0.717, 1.165) is 36.5 Å². The number of halogens is 2. The molecule has 0 fully saturated rings. The van der Waals surface area contributed by atoms with Crippen molar-refractivity contribution >= 4 is 47.5 Å². The minimum absolute atomic E-state index is 0. The molecular formula is C31H74ClIN6O3Y5-10. The first-order valence-electron chi connectivity index (χ1n) is 12.6. The molecule has 0 aliphatic carbocycles. The van der Waals surface area contributed by atoms with Gasteiger partial charge < -0.3 is 69.4 Å². The van der Waals surface area contributed by atoms with Crippen LogP contribution in [0.25, 0.3) is 0 Å². The van der Waals surface area contributed by atoms with Crippen molar-refractivity contribution in [1.29, 1.82) is 0 Å². The molecule has 9 nitrogen and oxygen atoms in total. The van der Waals surface area contributed by atoms with Gasteiger partial charge in [-0.1, -0.05) is 40.6 Å². The summed E-state index contributed by atoms with van der Waals surface area (Å²) in [6, 6.07) is 0.0263. The zero-order valence-electron chi connectivity index (χ0n) is 33.8. The van der Waals surface area contributed by atoms with Crippen LogP contribution in [0.3, 0.4) is 0 Å². The van der Waals surface area contributed by atoms with Crippen molar-refractivity contribution in [3.8, 4) is 0 Å². The fourth-order valence-corrected chi connectivity index (χ4v) is 2.58. The summed E-state index contributed by atoms with van der Waals surface area (Å²) in [5.74, 6) is 0. The van der Waals surface area contributed by atoms with Gasteiger partial charge in [-0.25, -0.2) is 6.54 Å². The van der Waals surface area contributed by atoms with Crippen molar-refractivity contribution < 1.29 is 178 Å². The molecule has 0 aromatic carbocycles. The first-order chi connectivity index (χ1) is 17.2. The van der Waals surface area contributed by atoms with E-state index in [2.05, 4.69) is 85.0 Å². The average molecular weight is 1190 g/mol. The molecule has 0 atom stereocenters. The monoisotopic (exact) mass is 1180 g/mol. The van der Waals surface area contributed by atoms with Gasteiger partial charge in [-0.3, -0.25) is 31.0 Å². The van der Waals surface area contributed by atoms with Crippen LogP contribution < -0.4 is 5.32 Å². The van der Waals surface area contributed by atoms with Gasteiger partial charge in [0.05, 0.1) is 0 Å². The number of amides is 2. The quantitative estimate of drug-likeness (QED) is 0.126. The molecule has 2 N–H and O–H groups in total. The Morgan fingerprint density at radius 3 is 1.06 bits per heavy atom. The Labute approximate surface area is 445 Å². The van der Waals surface area contributed by atoms with Crippen molar-refractivity contribution in [3.05, 3.63) is 62.4 Å². The minimum Gasteiger partial charge on any atom is -0.665 e. The fourth-order valence-electron chi connectivity index (χ4n) is 1.79. The second-order valence-electron chi connectivity index (χ2n) is 8.16. The third-order valence-corrected chi connectivity index (χ3v) is 3.71. The summed E-state index contributed by atoms with van der Waals surface area (Å²) in [5.41, 5.74) is 0. The maximum atomic E-state index is 11.2. The van der Waals surface area contributed by atoms with E-state index in [1.807, 2.05) is 67.3 Å². The molecule has 5 radical (unpaired) electrons. The number of hydrogen-bond acceptors (Lipinski definition) is 6. The number of aliphatic hydroxyl groups excluding tert-OH is 1. The third-order valence-electron chi connectivity index (χ3n) is 3.31. The summed E-state index contributed by atoms with van der Waals surface area (Å²) >= 11 is 2.31. The van der Waals surface area contributed by atoms with Crippen LogP contribution in [-0.2, 0) is 168 Å². The molecule has 16 heteroatoms. The van der Waals surface area contributed by atoms with Crippen molar-refractivity contribution in [2.45, 2.75) is 59.8 Å². The van der Waals surface area contributed by atoms with Crippen LogP contribution in [0.15, 0.2) is 0 Å². The van der Waals surface area contributed by atoms with Crippen molar-refractivity contribution in [2.24, 2.45) is 0 Å². The van der Waals surface area contributed by atoms with Crippen LogP contribution >= 0.6 is 35.0 Å². The number of carbonyl (C=O) groups excluding carboxylic acids is 1. The summed E-state index contributed by atoms with van der Waals surface area (Å²) in [7, 11) is 19.4. The van der Waals surface area contributed by atoms with Gasteiger partial charge in [0.2, 0.25) is 0 Å². The Morgan fingerprint density at radius 2 is 0.979 bits per heavy atom. The molecule has 0 aromatic heterocycles. The molecule has 0 saturated carbocycles. The zero-order valence-corrected chi connectivity index (χ0v) is 51.0. The maximum absolute atomic E-state index is 11.2. The molecule has 0 aliphatic heterocycles. The van der Waals surface area contributed by atoms with E-state index >= 15 is 0 Å². The first kappa shape index (κ1) is 104. The predicted molar refractivity (Wildman–Crippen MR) is 204 cm³/mol. The number of carbonyl (C=O) groups is 1. The molecular weight excluding hydrogens is 1110 g/mol. The molecule has 0 rings (SSSR count). The number of nitrogens with zero attached hydrogens (tertiary/aromatic N) is 5. The predicted octanol–water partition coefficient (Wildman–Crippen LogP) is 7.55. The summed E-state index contributed by atoms with van der Waals surface area (Å²) in [6.07, 6.45) is 5.40. The van der Waals surface area contributed by atoms with Crippen LogP contribution in [0.5, 0.6) is 0 Å². The van der Waals surface area contributed by atoms with Crippen LogP contribution in [0.4, 0.5) is 4.79 Å². The van der Waals surface area contributed by atoms with Crippen LogP contribution in [0.2, 0.25) is 0 Å². The summed E-state index contributed by atoms with van der Waals surface area (Å²) in [6.45, 7) is 19.2. The molecule has 0 heterocycles. The Bertz CT molecular complexity index is 408. The first-order valence-corrected chi connectivity index (χ1v) is 14.1. The van der Waals surface area contributed by atoms with Gasteiger partial charge in [0.1, 0.15) is 0 Å². The van der Waals surface area contributed by atoms with Crippen LogP contribution in [0, 0.1) is 62.4 Å². The van der Waals surface area contributed by atoms with E-state index in [0.29, 0.717) is 6.47 Å². The zero-order chi connectivity index (χ0) is 30.7. The topological polar surface area (TPSA) is 82.6 Å². The number of nitrogens with one attached hydrogen (secondary N) is 1. The van der Waals surface area contributed by atoms with E-state index < -0.39 is 0 Å². The number of unbranched alkanes of at least 4 members (excludes halogenated alkanes) is 1. The fraction of sp³-hybridized carbons (Fsp3) is 0.645. The van der Waals surface area contributed by atoms with Crippen molar-refractivity contribution in [3.63, 3.8) is 0 Å². The van der Waals surface area contributed by atoms with E-state index in [4.69, 9.17) is 9.90 Å². The van der Waals surface area contributed by atoms with Crippen molar-refractivity contribution in [1.82, 2.24) is 29.8 Å². The van der Waals surface area contributed by atoms with Crippen LogP contribution in [-0.4, -0.2) is 117 Å². The van der Waals surface area contributed by atoms with Gasteiger partial charge in [-0.05, 0) is 56.4 Å². The average Bonchev–Trinajstić information content (AvgIpc) is 2.79. The number of rotatable bonds is 11. The summed E-state index contributed by atoms with van der Waals surface area (Å²) in [5, 5.41) is 9.66. The maximum Gasteiger partial charge on any atom is 0.289 e. The second-order valence-corrected chi connectivity index (χ2v) is 9.04. The second kappa shape index (κ2) is 98.4. The van der Waals surface area contributed by atoms with E-state index in [9.17, 15) is 4.79 Å². The van der Waals surface area contributed by atoms with Gasteiger partial charge in [0, 0.05) is 178 Å². The van der Waals surface area contributed by atoms with E-state index in [1.54, 1.807) is 30.9 Å². The third kappa shape index (κ3) is 156. The Kier molecular flexibility index (Phi) is 219. The van der Waals surface area contributed by atoms with E-state index in [-0.39, 0.29) is 212 Å². The SMILES string of the molecule is CCC[CH-]N(C)C(=O)N(C)C.CC[CH-]N(C)C.CC[CH-]N(C)C.CC[CH-]NC.CN(C)[CH-]CI.Cl.O=[C-]O.[CH3-].[CH3-].[CH3-].[CH3-].[Y].[Y].[Y].[Y].[Y]. The summed E-state index contributed by atoms with van der Waals surface area (Å²) < 4.78 is 1.10. The molecule has 0 bridgehead atoms. The molecule has 0 unspecified atom stereocenters. The van der Waals surface area contributed by atoms with E-state index in [1.165, 1.54) is 0 Å². The molecule has 2 amide bonds. The smallest absolute Gasteiger partial charge is 0.289 e. The molecule has 0 aliphatic rings. The van der Waals surface area contributed by atoms with Gasteiger partial charge in [0.25, 0.3) is 6.03 Å².